The molecule has 0 heterocycles. The van der Waals surface area contributed by atoms with Crippen molar-refractivity contribution >= 4 is 17.6 Å². The van der Waals surface area contributed by atoms with Gasteiger partial charge in [-0.25, -0.2) is 0 Å². The third-order valence-electron chi connectivity index (χ3n) is 8.28. The second kappa shape index (κ2) is 26.1. The molecular formula is C38H59Cl2N2Ni. The number of unbranched alkanes of at least 4 members (excludes halogenated alkanes) is 6. The van der Waals surface area contributed by atoms with Crippen LogP contribution in [0.3, 0.4) is 0 Å². The molecule has 0 N–H and O–H groups in total. The normalized spacial score (nSPS) is 11.0. The zero-order valence-electron chi connectivity index (χ0n) is 28.1. The summed E-state index contributed by atoms with van der Waals surface area (Å²) in [5, 5.41) is 10.5. The summed E-state index contributed by atoms with van der Waals surface area (Å²) in [4.78, 5) is 5.15. The van der Waals surface area contributed by atoms with Crippen molar-refractivity contribution in [1.29, 1.82) is 0 Å². The van der Waals surface area contributed by atoms with Crippen LogP contribution in [0.5, 0.6) is 0 Å². The van der Waals surface area contributed by atoms with Crippen molar-refractivity contribution in [1.82, 2.24) is 0 Å². The van der Waals surface area contributed by atoms with Crippen LogP contribution in [0.1, 0.15) is 158 Å². The van der Waals surface area contributed by atoms with Gasteiger partial charge in [0.2, 0.25) is 0 Å². The molecule has 2 aromatic rings. The quantitative estimate of drug-likeness (QED) is 0.124. The van der Waals surface area contributed by atoms with Crippen LogP contribution in [-0.4, -0.2) is 11.9 Å². The Labute approximate surface area is 288 Å². The van der Waals surface area contributed by atoms with Crippen LogP contribution in [-0.2, 0) is 55.0 Å². The molecule has 5 heteroatoms. The van der Waals surface area contributed by atoms with Crippen LogP contribution in [0.25, 0.3) is 5.41 Å². The zero-order valence-corrected chi connectivity index (χ0v) is 30.6. The van der Waals surface area contributed by atoms with E-state index in [0.29, 0.717) is 5.71 Å². The van der Waals surface area contributed by atoms with E-state index in [0.717, 1.165) is 43.4 Å². The predicted molar refractivity (Wildman–Crippen MR) is 180 cm³/mol. The molecule has 0 bridgehead atoms. The minimum absolute atomic E-state index is 0. The van der Waals surface area contributed by atoms with Crippen LogP contribution in [0.15, 0.2) is 29.3 Å². The molecule has 2 rings (SSSR count). The van der Waals surface area contributed by atoms with Crippen molar-refractivity contribution < 1.29 is 41.3 Å². The molecule has 1 radical (unpaired) electrons. The van der Waals surface area contributed by atoms with Crippen LogP contribution in [0.4, 0.5) is 5.69 Å². The first-order valence-electron chi connectivity index (χ1n) is 16.9. The number of halogens is 2. The van der Waals surface area contributed by atoms with E-state index in [1.165, 1.54) is 112 Å². The number of benzene rings is 2. The Bertz CT molecular complexity index is 1010. The summed E-state index contributed by atoms with van der Waals surface area (Å²) >= 11 is 0. The predicted octanol–water partition coefficient (Wildman–Crippen LogP) is 5.51. The van der Waals surface area contributed by atoms with Crippen molar-refractivity contribution in [2.45, 2.75) is 157 Å². The Balaban J connectivity index is 0. The number of nitrogens with zero attached hydrogens (tertiary/aromatic N) is 2. The van der Waals surface area contributed by atoms with Gasteiger partial charge in [-0.1, -0.05) is 80.1 Å². The molecule has 0 aliphatic carbocycles. The molecule has 0 fully saturated rings. The second-order valence-corrected chi connectivity index (χ2v) is 11.8. The van der Waals surface area contributed by atoms with Crippen LogP contribution in [0.2, 0.25) is 0 Å². The summed E-state index contributed by atoms with van der Waals surface area (Å²) in [6.07, 6.45) is 22.5. The molecule has 0 amide bonds. The molecule has 2 aromatic carbocycles. The monoisotopic (exact) mass is 671 g/mol. The molecular weight excluding hydrogens is 614 g/mol. The maximum absolute atomic E-state index is 10.5. The molecule has 43 heavy (non-hydrogen) atoms. The molecule has 0 aromatic heterocycles. The number of hydrogen-bond donors (Lipinski definition) is 0. The van der Waals surface area contributed by atoms with Gasteiger partial charge in [0.05, 0.1) is 5.69 Å². The fourth-order valence-electron chi connectivity index (χ4n) is 5.81. The van der Waals surface area contributed by atoms with Gasteiger partial charge in [-0.05, 0) is 140 Å². The van der Waals surface area contributed by atoms with Crippen molar-refractivity contribution in [2.24, 2.45) is 4.99 Å². The molecule has 0 unspecified atom stereocenters. The van der Waals surface area contributed by atoms with Crippen molar-refractivity contribution in [3.63, 3.8) is 0 Å². The van der Waals surface area contributed by atoms with Gasteiger partial charge in [-0.3, -0.25) is 4.99 Å². The van der Waals surface area contributed by atoms with Crippen molar-refractivity contribution in [2.75, 3.05) is 0 Å². The van der Waals surface area contributed by atoms with E-state index in [-0.39, 0.29) is 41.3 Å². The van der Waals surface area contributed by atoms with Crippen LogP contribution < -0.4 is 24.8 Å². The SMILES string of the molecule is CCCCc1cc(N=C(C=[N-])c2cc(CCCC)c(CCCC)c(CCCC)c2)cc(CCCC)c1CCCC.[Cl-].[Cl-].[Ni+3]. The summed E-state index contributed by atoms with van der Waals surface area (Å²) in [6.45, 7) is 13.7. The number of aryl methyl sites for hydroxylation is 4. The first-order valence-corrected chi connectivity index (χ1v) is 16.9. The largest absolute Gasteiger partial charge is 3.00 e. The molecule has 0 aliphatic rings. The van der Waals surface area contributed by atoms with Crippen molar-refractivity contribution in [3.8, 4) is 0 Å². The van der Waals surface area contributed by atoms with E-state index in [4.69, 9.17) is 4.99 Å². The smallest absolute Gasteiger partial charge is 1.00 e. The maximum atomic E-state index is 10.5. The molecule has 0 saturated heterocycles. The van der Waals surface area contributed by atoms with Gasteiger partial charge in [0.25, 0.3) is 0 Å². The van der Waals surface area contributed by atoms with E-state index in [9.17, 15) is 5.41 Å². The van der Waals surface area contributed by atoms with Gasteiger partial charge in [-0.2, -0.15) is 6.21 Å². The Morgan fingerprint density at radius 1 is 0.535 bits per heavy atom. The number of hydrogen-bond acceptors (Lipinski definition) is 1. The fourth-order valence-corrected chi connectivity index (χ4v) is 5.81. The maximum Gasteiger partial charge on any atom is 3.00 e. The Morgan fingerprint density at radius 2 is 0.837 bits per heavy atom. The van der Waals surface area contributed by atoms with Gasteiger partial charge >= 0.3 is 16.5 Å². The fraction of sp³-hybridized carbons (Fsp3) is 0.632. The summed E-state index contributed by atoms with van der Waals surface area (Å²) in [7, 11) is 0. The summed E-state index contributed by atoms with van der Waals surface area (Å²) in [5.74, 6) is 0. The molecule has 0 saturated carbocycles. The Hall–Kier alpha value is -1.15. The van der Waals surface area contributed by atoms with E-state index in [1.807, 2.05) is 0 Å². The first kappa shape index (κ1) is 44.0. The second-order valence-electron chi connectivity index (χ2n) is 11.8. The van der Waals surface area contributed by atoms with Gasteiger partial charge in [-0.15, -0.1) is 0 Å². The Morgan fingerprint density at radius 3 is 1.14 bits per heavy atom. The third kappa shape index (κ3) is 14.7. The summed E-state index contributed by atoms with van der Waals surface area (Å²) in [5.41, 5.74) is 11.8. The van der Waals surface area contributed by atoms with E-state index in [2.05, 4.69) is 65.8 Å². The summed E-state index contributed by atoms with van der Waals surface area (Å²) < 4.78 is 0. The van der Waals surface area contributed by atoms with Gasteiger partial charge in [0.1, 0.15) is 0 Å². The average molecular weight is 674 g/mol. The molecule has 245 valence electrons. The number of rotatable bonds is 21. The number of aliphatic imine (C=N–C) groups is 1. The van der Waals surface area contributed by atoms with Gasteiger partial charge < -0.3 is 30.2 Å². The first-order chi connectivity index (χ1) is 19.6. The molecule has 0 aliphatic heterocycles. The zero-order chi connectivity index (χ0) is 29.2. The van der Waals surface area contributed by atoms with E-state index < -0.39 is 0 Å². The van der Waals surface area contributed by atoms with Gasteiger partial charge in [0, 0.05) is 5.71 Å². The minimum atomic E-state index is 0. The minimum Gasteiger partial charge on any atom is -1.00 e. The van der Waals surface area contributed by atoms with Crippen LogP contribution in [0, 0.1) is 0 Å². The molecule has 2 nitrogen and oxygen atoms in total. The summed E-state index contributed by atoms with van der Waals surface area (Å²) in [6, 6.07) is 9.33. The average Bonchev–Trinajstić information content (AvgIpc) is 2.97. The topological polar surface area (TPSA) is 34.7 Å². The van der Waals surface area contributed by atoms with Crippen molar-refractivity contribution in [3.05, 3.63) is 68.6 Å². The standard InChI is InChI=1S/C38H59N2.2ClH.Ni/c1-7-13-19-30-25-34(26-31(20-14-8-2)36(30)23-17-11-5)38(29-39)40-35-27-32(21-15-9-3)37(24-18-12-6)33(28-35)22-16-10-4;;;/h25-29H,7-24H2,1-6H3;2*1H;/q-1;;;+3/p-2. The van der Waals surface area contributed by atoms with E-state index in [1.54, 1.807) is 11.1 Å². The van der Waals surface area contributed by atoms with E-state index >= 15 is 0 Å². The molecule has 0 spiro atoms. The van der Waals surface area contributed by atoms with Gasteiger partial charge in [0.15, 0.2) is 0 Å². The van der Waals surface area contributed by atoms with Crippen LogP contribution >= 0.6 is 0 Å². The Kier molecular flexibility index (Phi) is 26.7. The third-order valence-corrected chi connectivity index (χ3v) is 8.28. The molecule has 0 atom stereocenters.